The van der Waals surface area contributed by atoms with Crippen molar-refractivity contribution < 1.29 is 0 Å². The lowest BCUT2D eigenvalue weighted by Gasteiger charge is -2.20. The molecule has 0 saturated carbocycles. The van der Waals surface area contributed by atoms with Crippen LogP contribution in [-0.4, -0.2) is 23.6 Å². The van der Waals surface area contributed by atoms with Gasteiger partial charge in [0, 0.05) is 31.9 Å². The summed E-state index contributed by atoms with van der Waals surface area (Å²) in [5, 5.41) is 6.72. The van der Waals surface area contributed by atoms with Crippen molar-refractivity contribution in [3.63, 3.8) is 0 Å². The molecule has 0 amide bonds. The van der Waals surface area contributed by atoms with E-state index >= 15 is 0 Å². The zero-order valence-electron chi connectivity index (χ0n) is 15.5. The minimum Gasteiger partial charge on any atom is -0.354 e. The summed E-state index contributed by atoms with van der Waals surface area (Å²) >= 11 is 0. The van der Waals surface area contributed by atoms with Crippen LogP contribution in [0.1, 0.15) is 31.9 Å². The highest BCUT2D eigenvalue weighted by molar-refractivity contribution is 5.79. The second-order valence-corrected chi connectivity index (χ2v) is 6.59. The van der Waals surface area contributed by atoms with Gasteiger partial charge >= 0.3 is 0 Å². The van der Waals surface area contributed by atoms with Crippen molar-refractivity contribution in [3.05, 3.63) is 70.1 Å². The molecule has 0 aliphatic heterocycles. The van der Waals surface area contributed by atoms with Crippen LogP contribution in [0.2, 0.25) is 0 Å². The summed E-state index contributed by atoms with van der Waals surface area (Å²) < 4.78 is 1.70. The third kappa shape index (κ3) is 5.78. The van der Waals surface area contributed by atoms with Crippen molar-refractivity contribution in [2.45, 2.75) is 39.9 Å². The fourth-order valence-electron chi connectivity index (χ4n) is 2.31. The minimum absolute atomic E-state index is 0.0161. The van der Waals surface area contributed by atoms with Crippen LogP contribution in [0.5, 0.6) is 0 Å². The quantitative estimate of drug-likeness (QED) is 0.628. The molecule has 25 heavy (non-hydrogen) atoms. The Bertz CT molecular complexity index is 747. The van der Waals surface area contributed by atoms with E-state index in [9.17, 15) is 4.79 Å². The van der Waals surface area contributed by atoms with Crippen LogP contribution in [0.25, 0.3) is 0 Å². The highest BCUT2D eigenvalue weighted by atomic mass is 16.1. The molecule has 1 aromatic carbocycles. The topological polar surface area (TPSA) is 58.4 Å². The third-order valence-corrected chi connectivity index (χ3v) is 4.32. The minimum atomic E-state index is 0.0161. The van der Waals surface area contributed by atoms with Crippen molar-refractivity contribution in [1.29, 1.82) is 0 Å². The summed E-state index contributed by atoms with van der Waals surface area (Å²) in [4.78, 5) is 16.0. The first-order valence-corrected chi connectivity index (χ1v) is 8.70. The molecule has 134 valence electrons. The average Bonchev–Trinajstić information content (AvgIpc) is 2.61. The van der Waals surface area contributed by atoms with Crippen molar-refractivity contribution in [1.82, 2.24) is 15.2 Å². The molecule has 1 unspecified atom stereocenters. The van der Waals surface area contributed by atoms with Crippen molar-refractivity contribution in [2.24, 2.45) is 10.9 Å². The van der Waals surface area contributed by atoms with Crippen molar-refractivity contribution in [3.8, 4) is 0 Å². The number of aliphatic imine (C=N–C) groups is 1. The van der Waals surface area contributed by atoms with Crippen LogP contribution in [0, 0.1) is 5.92 Å². The van der Waals surface area contributed by atoms with Gasteiger partial charge in [0.2, 0.25) is 0 Å². The Hall–Kier alpha value is -2.56. The molecule has 2 aromatic rings. The van der Waals surface area contributed by atoms with Gasteiger partial charge in [-0.15, -0.1) is 0 Å². The summed E-state index contributed by atoms with van der Waals surface area (Å²) in [5.41, 5.74) is 2.29. The molecule has 2 N–H and O–H groups in total. The maximum atomic E-state index is 11.8. The molecule has 0 saturated heterocycles. The van der Waals surface area contributed by atoms with Gasteiger partial charge in [-0.25, -0.2) is 0 Å². The monoisotopic (exact) mass is 340 g/mol. The first-order valence-electron chi connectivity index (χ1n) is 8.70. The van der Waals surface area contributed by atoms with E-state index in [-0.39, 0.29) is 5.56 Å². The predicted molar refractivity (Wildman–Crippen MR) is 104 cm³/mol. The van der Waals surface area contributed by atoms with Gasteiger partial charge in [-0.1, -0.05) is 44.2 Å². The first-order chi connectivity index (χ1) is 12.0. The number of aromatic nitrogens is 1. The van der Waals surface area contributed by atoms with E-state index in [0.29, 0.717) is 25.0 Å². The number of rotatable bonds is 6. The van der Waals surface area contributed by atoms with E-state index in [4.69, 9.17) is 0 Å². The molecule has 1 aromatic heterocycles. The lowest BCUT2D eigenvalue weighted by molar-refractivity contribution is 0.481. The molecule has 0 spiro atoms. The summed E-state index contributed by atoms with van der Waals surface area (Å²) in [6, 6.07) is 13.8. The summed E-state index contributed by atoms with van der Waals surface area (Å²) in [5.74, 6) is 1.35. The number of pyridine rings is 1. The Morgan fingerprint density at radius 2 is 1.76 bits per heavy atom. The summed E-state index contributed by atoms with van der Waals surface area (Å²) in [7, 11) is 1.78. The second kappa shape index (κ2) is 9.06. The molecule has 1 heterocycles. The van der Waals surface area contributed by atoms with Crippen LogP contribution in [0.4, 0.5) is 0 Å². The number of nitrogens with zero attached hydrogens (tertiary/aromatic N) is 2. The molecule has 0 aliphatic carbocycles. The molecule has 0 aliphatic rings. The van der Waals surface area contributed by atoms with Crippen LogP contribution < -0.4 is 16.2 Å². The average molecular weight is 340 g/mol. The number of guanidine groups is 1. The molecule has 5 nitrogen and oxygen atoms in total. The second-order valence-electron chi connectivity index (χ2n) is 6.59. The van der Waals surface area contributed by atoms with E-state index < -0.39 is 0 Å². The smallest absolute Gasteiger partial charge is 0.250 e. The van der Waals surface area contributed by atoms with Gasteiger partial charge in [0.15, 0.2) is 5.96 Å². The molecule has 5 heteroatoms. The summed E-state index contributed by atoms with van der Waals surface area (Å²) in [6.45, 7) is 7.81. The van der Waals surface area contributed by atoms with Gasteiger partial charge in [0.1, 0.15) is 0 Å². The van der Waals surface area contributed by atoms with Crippen LogP contribution in [0.15, 0.2) is 58.4 Å². The maximum absolute atomic E-state index is 11.8. The van der Waals surface area contributed by atoms with Gasteiger partial charge < -0.3 is 15.2 Å². The normalized spacial score (nSPS) is 12.9. The highest BCUT2D eigenvalue weighted by Crippen LogP contribution is 2.06. The fraction of sp³-hybridized carbons (Fsp3) is 0.400. The maximum Gasteiger partial charge on any atom is 0.250 e. The highest BCUT2D eigenvalue weighted by Gasteiger charge is 2.08. The van der Waals surface area contributed by atoms with Crippen molar-refractivity contribution in [2.75, 3.05) is 7.05 Å². The van der Waals surface area contributed by atoms with Crippen LogP contribution in [0.3, 0.4) is 0 Å². The largest absolute Gasteiger partial charge is 0.354 e. The first kappa shape index (κ1) is 18.8. The standard InChI is InChI=1S/C20H28N4O/c1-15(2)16(3)23-20(21-4)22-13-17-8-10-18(11-9-17)14-24-12-6-5-7-19(24)25/h5-12,15-16H,13-14H2,1-4H3,(H2,21,22,23). The van der Waals surface area contributed by atoms with Crippen LogP contribution in [-0.2, 0) is 13.1 Å². The number of hydrogen-bond acceptors (Lipinski definition) is 2. The summed E-state index contributed by atoms with van der Waals surface area (Å²) in [6.07, 6.45) is 1.81. The molecular formula is C20H28N4O. The van der Waals surface area contributed by atoms with Gasteiger partial charge in [-0.3, -0.25) is 9.79 Å². The van der Waals surface area contributed by atoms with E-state index in [0.717, 1.165) is 11.5 Å². The van der Waals surface area contributed by atoms with Gasteiger partial charge in [0.05, 0.1) is 6.54 Å². The lowest BCUT2D eigenvalue weighted by atomic mass is 10.1. The van der Waals surface area contributed by atoms with E-state index in [1.807, 2.05) is 12.3 Å². The Labute approximate surface area is 149 Å². The van der Waals surface area contributed by atoms with Crippen LogP contribution >= 0.6 is 0 Å². The molecule has 2 rings (SSSR count). The van der Waals surface area contributed by atoms with E-state index in [1.54, 1.807) is 23.7 Å². The predicted octanol–water partition coefficient (Wildman–Crippen LogP) is 2.61. The zero-order valence-corrected chi connectivity index (χ0v) is 15.5. The Morgan fingerprint density at radius 1 is 1.08 bits per heavy atom. The van der Waals surface area contributed by atoms with Crippen molar-refractivity contribution >= 4 is 5.96 Å². The van der Waals surface area contributed by atoms with E-state index in [2.05, 4.69) is 60.7 Å². The molecule has 0 radical (unpaired) electrons. The van der Waals surface area contributed by atoms with Gasteiger partial charge in [-0.2, -0.15) is 0 Å². The lowest BCUT2D eigenvalue weighted by Crippen LogP contribution is -2.43. The Balaban J connectivity index is 1.92. The molecule has 0 bridgehead atoms. The Morgan fingerprint density at radius 3 is 2.36 bits per heavy atom. The SMILES string of the molecule is CN=C(NCc1ccc(Cn2ccccc2=O)cc1)NC(C)C(C)C. The number of hydrogen-bond donors (Lipinski definition) is 2. The van der Waals surface area contributed by atoms with Gasteiger partial charge in [-0.05, 0) is 30.0 Å². The molecule has 0 fully saturated rings. The molecular weight excluding hydrogens is 312 g/mol. The molecule has 1 atom stereocenters. The fourth-order valence-corrected chi connectivity index (χ4v) is 2.31. The van der Waals surface area contributed by atoms with E-state index in [1.165, 1.54) is 5.56 Å². The van der Waals surface area contributed by atoms with Gasteiger partial charge in [0.25, 0.3) is 5.56 Å². The third-order valence-electron chi connectivity index (χ3n) is 4.32. The zero-order chi connectivity index (χ0) is 18.2. The number of nitrogens with one attached hydrogen (secondary N) is 2. The Kier molecular flexibility index (Phi) is 6.81. The number of benzene rings is 1.